The van der Waals surface area contributed by atoms with Crippen LogP contribution in [-0.2, 0) is 0 Å². The minimum absolute atomic E-state index is 0.330. The molecular weight excluding hydrogens is 254 g/mol. The number of fused-ring (bicyclic) bond motifs is 1. The second kappa shape index (κ2) is 7.68. The lowest BCUT2D eigenvalue weighted by Gasteiger charge is -2.15. The van der Waals surface area contributed by atoms with Crippen LogP contribution >= 0.6 is 0 Å². The lowest BCUT2D eigenvalue weighted by molar-refractivity contribution is 0.529. The predicted octanol–water partition coefficient (Wildman–Crippen LogP) is 4.57. The lowest BCUT2D eigenvalue weighted by Crippen LogP contribution is -2.28. The predicted molar refractivity (Wildman–Crippen MR) is 96.9 cm³/mol. The molecule has 1 aromatic heterocycles. The Kier molecular flexibility index (Phi) is 6.23. The zero-order chi connectivity index (χ0) is 16.0. The number of hydrogen-bond donors (Lipinski definition) is 0. The summed E-state index contributed by atoms with van der Waals surface area (Å²) in [4.78, 5) is 0. The van der Waals surface area contributed by atoms with E-state index in [9.17, 15) is 0 Å². The van der Waals surface area contributed by atoms with Gasteiger partial charge in [-0.25, -0.2) is 0 Å². The molecule has 1 unspecified atom stereocenters. The smallest absolute Gasteiger partial charge is 0.0420 e. The van der Waals surface area contributed by atoms with E-state index in [4.69, 9.17) is 0 Å². The Balaban J connectivity index is 0.00000106. The molecule has 1 heteroatoms. The number of benzene rings is 1. The Morgan fingerprint density at radius 3 is 2.00 bits per heavy atom. The molecule has 1 atom stereocenters. The molecule has 0 aliphatic carbocycles. The SMILES string of the molecule is C=C/C(=C\C)CC(C)n1c(=C)c2ccccc2c1=C.CC. The maximum Gasteiger partial charge on any atom is 0.0420 e. The third kappa shape index (κ3) is 3.36. The van der Waals surface area contributed by atoms with Crippen molar-refractivity contribution in [2.24, 2.45) is 0 Å². The number of allylic oxidation sites excluding steroid dienone is 3. The van der Waals surface area contributed by atoms with Crippen LogP contribution < -0.4 is 10.7 Å². The summed E-state index contributed by atoms with van der Waals surface area (Å²) in [6.07, 6.45) is 4.98. The standard InChI is InChI=1S/C18H21N.C2H6/c1-6-16(7-2)12-13(3)19-14(4)17-10-8-9-11-18(17)15(19)5;1-2/h6-11,13H,1,4-5,12H2,2-3H3;1-2H3/b16-7+;. The van der Waals surface area contributed by atoms with Crippen LogP contribution in [0.1, 0.15) is 40.2 Å². The van der Waals surface area contributed by atoms with Crippen LogP contribution in [-0.4, -0.2) is 4.57 Å². The molecule has 0 N–H and O–H groups in total. The summed E-state index contributed by atoms with van der Waals surface area (Å²) in [6, 6.07) is 8.65. The van der Waals surface area contributed by atoms with Gasteiger partial charge in [-0.1, -0.05) is 75.6 Å². The van der Waals surface area contributed by atoms with Crippen molar-refractivity contribution in [2.45, 2.75) is 40.2 Å². The van der Waals surface area contributed by atoms with Gasteiger partial charge in [0.2, 0.25) is 0 Å². The van der Waals surface area contributed by atoms with E-state index in [1.165, 1.54) is 16.3 Å². The maximum absolute atomic E-state index is 4.23. The van der Waals surface area contributed by atoms with Crippen molar-refractivity contribution in [1.29, 1.82) is 0 Å². The van der Waals surface area contributed by atoms with E-state index in [0.29, 0.717) is 6.04 Å². The van der Waals surface area contributed by atoms with E-state index in [1.807, 2.05) is 39.0 Å². The van der Waals surface area contributed by atoms with Crippen LogP contribution in [0.2, 0.25) is 0 Å². The summed E-state index contributed by atoms with van der Waals surface area (Å²) in [7, 11) is 0. The fourth-order valence-corrected chi connectivity index (χ4v) is 2.69. The monoisotopic (exact) mass is 281 g/mol. The van der Waals surface area contributed by atoms with Gasteiger partial charge in [0.15, 0.2) is 0 Å². The van der Waals surface area contributed by atoms with Crippen LogP contribution in [0.15, 0.2) is 48.6 Å². The first-order valence-electron chi connectivity index (χ1n) is 7.64. The Morgan fingerprint density at radius 1 is 1.14 bits per heavy atom. The van der Waals surface area contributed by atoms with Crippen LogP contribution in [0.4, 0.5) is 0 Å². The zero-order valence-corrected chi connectivity index (χ0v) is 13.8. The van der Waals surface area contributed by atoms with Gasteiger partial charge < -0.3 is 4.57 Å². The van der Waals surface area contributed by atoms with Crippen molar-refractivity contribution in [2.75, 3.05) is 0 Å². The molecule has 2 rings (SSSR count). The molecule has 0 saturated carbocycles. The van der Waals surface area contributed by atoms with E-state index < -0.39 is 0 Å². The van der Waals surface area contributed by atoms with Crippen LogP contribution in [0.25, 0.3) is 23.9 Å². The van der Waals surface area contributed by atoms with Crippen LogP contribution in [0, 0.1) is 0 Å². The van der Waals surface area contributed by atoms with E-state index in [-0.39, 0.29) is 0 Å². The molecule has 0 saturated heterocycles. The molecule has 0 fully saturated rings. The Morgan fingerprint density at radius 2 is 1.62 bits per heavy atom. The minimum atomic E-state index is 0.330. The molecule has 2 aromatic rings. The average Bonchev–Trinajstić information content (AvgIpc) is 2.79. The second-order valence-electron chi connectivity index (χ2n) is 4.93. The summed E-state index contributed by atoms with van der Waals surface area (Å²) < 4.78 is 2.23. The van der Waals surface area contributed by atoms with E-state index in [2.05, 4.69) is 49.4 Å². The number of aromatic nitrogens is 1. The van der Waals surface area contributed by atoms with Gasteiger partial charge in [-0.2, -0.15) is 0 Å². The summed E-state index contributed by atoms with van der Waals surface area (Å²) in [5.41, 5.74) is 1.25. The first-order chi connectivity index (χ1) is 10.1. The first kappa shape index (κ1) is 17.0. The van der Waals surface area contributed by atoms with Gasteiger partial charge in [-0.05, 0) is 20.3 Å². The van der Waals surface area contributed by atoms with Gasteiger partial charge in [-0.3, -0.25) is 0 Å². The highest BCUT2D eigenvalue weighted by Gasteiger charge is 2.11. The van der Waals surface area contributed by atoms with Gasteiger partial charge in [0.25, 0.3) is 0 Å². The molecule has 0 spiro atoms. The fraction of sp³-hybridized carbons (Fsp3) is 0.300. The summed E-state index contributed by atoms with van der Waals surface area (Å²) in [5.74, 6) is 0. The van der Waals surface area contributed by atoms with E-state index in [1.54, 1.807) is 0 Å². The minimum Gasteiger partial charge on any atom is -0.338 e. The molecule has 0 aliphatic rings. The highest BCUT2D eigenvalue weighted by molar-refractivity contribution is 5.83. The summed E-state index contributed by atoms with van der Waals surface area (Å²) in [6.45, 7) is 20.6. The molecule has 0 amide bonds. The molecule has 1 aromatic carbocycles. The number of rotatable bonds is 4. The van der Waals surface area contributed by atoms with Crippen molar-refractivity contribution in [1.82, 2.24) is 4.57 Å². The van der Waals surface area contributed by atoms with Crippen molar-refractivity contribution in [3.8, 4) is 0 Å². The third-order valence-electron chi connectivity index (χ3n) is 3.74. The van der Waals surface area contributed by atoms with Gasteiger partial charge in [0, 0.05) is 27.5 Å². The topological polar surface area (TPSA) is 4.93 Å². The molecule has 112 valence electrons. The van der Waals surface area contributed by atoms with E-state index >= 15 is 0 Å². The Hall–Kier alpha value is -2.02. The van der Waals surface area contributed by atoms with Gasteiger partial charge >= 0.3 is 0 Å². The summed E-state index contributed by atoms with van der Waals surface area (Å²) >= 11 is 0. The van der Waals surface area contributed by atoms with Crippen molar-refractivity contribution in [3.63, 3.8) is 0 Å². The van der Waals surface area contributed by atoms with Crippen molar-refractivity contribution in [3.05, 3.63) is 59.3 Å². The number of nitrogens with zero attached hydrogens (tertiary/aromatic N) is 1. The van der Waals surface area contributed by atoms with Gasteiger partial charge in [0.1, 0.15) is 0 Å². The molecule has 0 aliphatic heterocycles. The van der Waals surface area contributed by atoms with Crippen LogP contribution in [0.5, 0.6) is 0 Å². The maximum atomic E-state index is 4.23. The lowest BCUT2D eigenvalue weighted by atomic mass is 10.1. The van der Waals surface area contributed by atoms with Crippen molar-refractivity contribution < 1.29 is 0 Å². The Bertz CT molecular complexity index is 684. The molecule has 0 bridgehead atoms. The third-order valence-corrected chi connectivity index (χ3v) is 3.74. The quantitative estimate of drug-likeness (QED) is 0.723. The van der Waals surface area contributed by atoms with E-state index in [0.717, 1.165) is 17.1 Å². The fourth-order valence-electron chi connectivity index (χ4n) is 2.69. The highest BCUT2D eigenvalue weighted by Crippen LogP contribution is 2.16. The molecule has 21 heavy (non-hydrogen) atoms. The molecule has 0 radical (unpaired) electrons. The Labute approximate surface area is 128 Å². The summed E-state index contributed by atoms with van der Waals surface area (Å²) in [5, 5.41) is 4.49. The van der Waals surface area contributed by atoms with Crippen LogP contribution in [0.3, 0.4) is 0 Å². The highest BCUT2D eigenvalue weighted by atomic mass is 15.0. The number of hydrogen-bond acceptors (Lipinski definition) is 0. The second-order valence-corrected chi connectivity index (χ2v) is 4.93. The normalized spacial score (nSPS) is 12.7. The molecule has 1 nitrogen and oxygen atoms in total. The van der Waals surface area contributed by atoms with Crippen molar-refractivity contribution >= 4 is 23.9 Å². The molecule has 1 heterocycles. The largest absolute Gasteiger partial charge is 0.338 e. The van der Waals surface area contributed by atoms with Gasteiger partial charge in [-0.15, -0.1) is 0 Å². The molecular formula is C20H27N. The first-order valence-corrected chi connectivity index (χ1v) is 7.64. The van der Waals surface area contributed by atoms with Gasteiger partial charge in [0.05, 0.1) is 0 Å². The average molecular weight is 281 g/mol. The zero-order valence-electron chi connectivity index (χ0n) is 13.8.